The number of anilines is 1. The monoisotopic (exact) mass is 499 g/mol. The van der Waals surface area contributed by atoms with Gasteiger partial charge in [-0.2, -0.15) is 0 Å². The summed E-state index contributed by atoms with van der Waals surface area (Å²) < 4.78 is 24.9. The number of nitrogens with zero attached hydrogens (tertiary/aromatic N) is 4. The minimum atomic E-state index is -0.351. The lowest BCUT2D eigenvalue weighted by Crippen LogP contribution is -2.46. The van der Waals surface area contributed by atoms with Crippen LogP contribution in [0.1, 0.15) is 25.5 Å². The number of ether oxygens (including phenoxy) is 1. The van der Waals surface area contributed by atoms with E-state index in [1.807, 2.05) is 37.3 Å². The summed E-state index contributed by atoms with van der Waals surface area (Å²) in [6, 6.07) is 11.7. The molecule has 10 heteroatoms. The second kappa shape index (κ2) is 11.5. The maximum atomic E-state index is 14.1. The maximum absolute atomic E-state index is 14.1. The fourth-order valence-electron chi connectivity index (χ4n) is 4.07. The predicted molar refractivity (Wildman–Crippen MR) is 134 cm³/mol. The molecule has 1 amide bonds. The van der Waals surface area contributed by atoms with Crippen LogP contribution in [0.5, 0.6) is 5.75 Å². The van der Waals surface area contributed by atoms with E-state index in [-0.39, 0.29) is 23.5 Å². The highest BCUT2D eigenvalue weighted by Gasteiger charge is 2.22. The van der Waals surface area contributed by atoms with Crippen LogP contribution in [-0.4, -0.2) is 66.6 Å². The molecule has 4 rings (SSSR count). The molecule has 1 fully saturated rings. The summed E-state index contributed by atoms with van der Waals surface area (Å²) >= 11 is 1.16. The number of thioether (sulfide) groups is 1. The van der Waals surface area contributed by atoms with Crippen molar-refractivity contribution in [3.63, 3.8) is 0 Å². The molecule has 1 aliphatic heterocycles. The Bertz CT molecular complexity index is 1130. The molecule has 1 atom stereocenters. The van der Waals surface area contributed by atoms with Crippen LogP contribution in [0.3, 0.4) is 0 Å². The molecule has 1 aliphatic rings. The average molecular weight is 500 g/mol. The number of nitrogens with one attached hydrogen (secondary N) is 1. The number of methoxy groups -OCH3 is 1. The summed E-state index contributed by atoms with van der Waals surface area (Å²) in [6.45, 7) is 8.73. The van der Waals surface area contributed by atoms with Crippen molar-refractivity contribution in [2.75, 3.05) is 50.5 Å². The molecule has 0 saturated carbocycles. The van der Waals surface area contributed by atoms with E-state index < -0.39 is 0 Å². The van der Waals surface area contributed by atoms with Crippen LogP contribution in [0.4, 0.5) is 10.1 Å². The first-order valence-corrected chi connectivity index (χ1v) is 12.6. The molecule has 2 heterocycles. The second-order valence-electron chi connectivity index (χ2n) is 8.30. The van der Waals surface area contributed by atoms with Gasteiger partial charge < -0.3 is 24.3 Å². The Hall–Kier alpha value is -3.11. The number of carbonyl (C=O) groups excluding carboxylic acids is 1. The summed E-state index contributed by atoms with van der Waals surface area (Å²) in [5, 5.41) is 11.4. The molecule has 1 N–H and O–H groups in total. The van der Waals surface area contributed by atoms with Crippen molar-refractivity contribution in [2.24, 2.45) is 0 Å². The highest BCUT2D eigenvalue weighted by molar-refractivity contribution is 7.99. The number of aromatic nitrogens is 2. The van der Waals surface area contributed by atoms with Gasteiger partial charge >= 0.3 is 0 Å². The molecule has 1 aromatic heterocycles. The van der Waals surface area contributed by atoms with Crippen molar-refractivity contribution in [3.05, 3.63) is 53.8 Å². The molecular formula is C25H30FN5O3S. The van der Waals surface area contributed by atoms with E-state index in [1.165, 1.54) is 12.1 Å². The van der Waals surface area contributed by atoms with Crippen molar-refractivity contribution < 1.29 is 18.3 Å². The van der Waals surface area contributed by atoms with Crippen LogP contribution >= 0.6 is 11.8 Å². The number of hydrogen-bond acceptors (Lipinski definition) is 8. The molecule has 1 saturated heterocycles. The zero-order valence-corrected chi connectivity index (χ0v) is 21.0. The van der Waals surface area contributed by atoms with Gasteiger partial charge in [0.05, 0.1) is 18.9 Å². The molecule has 0 aliphatic carbocycles. The highest BCUT2D eigenvalue weighted by Crippen LogP contribution is 2.29. The number of amides is 1. The Morgan fingerprint density at radius 1 is 1.17 bits per heavy atom. The van der Waals surface area contributed by atoms with Gasteiger partial charge in [0, 0.05) is 43.0 Å². The number of carbonyl (C=O) groups is 1. The quantitative estimate of drug-likeness (QED) is 0.443. The highest BCUT2D eigenvalue weighted by atomic mass is 32.2. The average Bonchev–Trinajstić information content (AvgIpc) is 3.37. The molecule has 0 spiro atoms. The van der Waals surface area contributed by atoms with Crippen LogP contribution in [0.2, 0.25) is 0 Å². The summed E-state index contributed by atoms with van der Waals surface area (Å²) in [6.07, 6.45) is 0. The first-order valence-electron chi connectivity index (χ1n) is 11.6. The lowest BCUT2D eigenvalue weighted by molar-refractivity contribution is -0.119. The second-order valence-corrected chi connectivity index (χ2v) is 9.23. The molecule has 8 nitrogen and oxygen atoms in total. The summed E-state index contributed by atoms with van der Waals surface area (Å²) in [7, 11) is 1.60. The fourth-order valence-corrected chi connectivity index (χ4v) is 4.65. The summed E-state index contributed by atoms with van der Waals surface area (Å²) in [5.41, 5.74) is 2.50. The third kappa shape index (κ3) is 6.32. The maximum Gasteiger partial charge on any atom is 0.277 e. The van der Waals surface area contributed by atoms with E-state index in [4.69, 9.17) is 9.15 Å². The summed E-state index contributed by atoms with van der Waals surface area (Å²) in [5.74, 6) is 0.699. The standard InChI is InChI=1S/C25H30FN5O3S/c1-4-30-11-13-31(14-12-30)22-10-7-19(26)15-21(22)17(2)27-23(32)16-35-25-29-28-24(34-25)18-5-8-20(33-3)9-6-18/h5-10,15,17H,4,11-14,16H2,1-3H3,(H,27,32). The number of likely N-dealkylation sites (N-methyl/N-ethyl adjacent to an activating group) is 1. The number of benzene rings is 2. The third-order valence-electron chi connectivity index (χ3n) is 6.06. The zero-order valence-electron chi connectivity index (χ0n) is 20.2. The number of halogens is 1. The topological polar surface area (TPSA) is 83.7 Å². The van der Waals surface area contributed by atoms with Gasteiger partial charge in [0.2, 0.25) is 11.8 Å². The third-order valence-corrected chi connectivity index (χ3v) is 6.88. The van der Waals surface area contributed by atoms with Gasteiger partial charge in [-0.15, -0.1) is 10.2 Å². The van der Waals surface area contributed by atoms with Gasteiger partial charge in [-0.1, -0.05) is 18.7 Å². The molecule has 2 aromatic carbocycles. The van der Waals surface area contributed by atoms with Crippen LogP contribution in [0.15, 0.2) is 52.1 Å². The van der Waals surface area contributed by atoms with Gasteiger partial charge in [-0.25, -0.2) is 4.39 Å². The predicted octanol–water partition coefficient (Wildman–Crippen LogP) is 4.00. The molecule has 0 radical (unpaired) electrons. The number of hydrogen-bond donors (Lipinski definition) is 1. The van der Waals surface area contributed by atoms with Crippen molar-refractivity contribution in [2.45, 2.75) is 25.1 Å². The van der Waals surface area contributed by atoms with Crippen molar-refractivity contribution in [1.82, 2.24) is 20.4 Å². The Kier molecular flexibility index (Phi) is 8.25. The lowest BCUT2D eigenvalue weighted by atomic mass is 10.0. The SMILES string of the molecule is CCN1CCN(c2ccc(F)cc2C(C)NC(=O)CSc2nnc(-c3ccc(OC)cc3)o2)CC1. The van der Waals surface area contributed by atoms with E-state index in [1.54, 1.807) is 7.11 Å². The van der Waals surface area contributed by atoms with E-state index in [0.29, 0.717) is 11.1 Å². The Morgan fingerprint density at radius 2 is 1.91 bits per heavy atom. The van der Waals surface area contributed by atoms with E-state index in [0.717, 1.165) is 67.0 Å². The van der Waals surface area contributed by atoms with E-state index >= 15 is 0 Å². The lowest BCUT2D eigenvalue weighted by Gasteiger charge is -2.37. The zero-order chi connectivity index (χ0) is 24.8. The first-order chi connectivity index (χ1) is 17.0. The molecule has 1 unspecified atom stereocenters. The normalized spacial score (nSPS) is 15.1. The van der Waals surface area contributed by atoms with Crippen LogP contribution in [0.25, 0.3) is 11.5 Å². The van der Waals surface area contributed by atoms with E-state index in [2.05, 4.69) is 32.2 Å². The summed E-state index contributed by atoms with van der Waals surface area (Å²) in [4.78, 5) is 17.3. The van der Waals surface area contributed by atoms with Gasteiger partial charge in [-0.05, 0) is 55.9 Å². The molecule has 0 bridgehead atoms. The first kappa shape index (κ1) is 25.0. The Morgan fingerprint density at radius 3 is 2.60 bits per heavy atom. The minimum absolute atomic E-state index is 0.106. The van der Waals surface area contributed by atoms with Crippen molar-refractivity contribution in [3.8, 4) is 17.2 Å². The van der Waals surface area contributed by atoms with Crippen LogP contribution in [-0.2, 0) is 4.79 Å². The molecule has 186 valence electrons. The van der Waals surface area contributed by atoms with Gasteiger partial charge in [0.25, 0.3) is 5.22 Å². The fraction of sp³-hybridized carbons (Fsp3) is 0.400. The molecular weight excluding hydrogens is 469 g/mol. The largest absolute Gasteiger partial charge is 0.497 e. The van der Waals surface area contributed by atoms with Gasteiger partial charge in [0.15, 0.2) is 0 Å². The minimum Gasteiger partial charge on any atom is -0.497 e. The van der Waals surface area contributed by atoms with Gasteiger partial charge in [0.1, 0.15) is 11.6 Å². The smallest absolute Gasteiger partial charge is 0.277 e. The Labute approximate surface area is 208 Å². The van der Waals surface area contributed by atoms with Crippen LogP contribution in [0, 0.1) is 5.82 Å². The van der Waals surface area contributed by atoms with Crippen molar-refractivity contribution in [1.29, 1.82) is 0 Å². The van der Waals surface area contributed by atoms with Gasteiger partial charge in [-0.3, -0.25) is 4.79 Å². The number of piperazine rings is 1. The Balaban J connectivity index is 1.35. The molecule has 35 heavy (non-hydrogen) atoms. The van der Waals surface area contributed by atoms with E-state index in [9.17, 15) is 9.18 Å². The molecule has 3 aromatic rings. The number of rotatable bonds is 9. The van der Waals surface area contributed by atoms with Crippen molar-refractivity contribution >= 4 is 23.4 Å². The van der Waals surface area contributed by atoms with Crippen LogP contribution < -0.4 is 15.0 Å².